The molecule has 1 amide bonds. The van der Waals surface area contributed by atoms with E-state index in [0.717, 1.165) is 20.9 Å². The molecule has 0 unspecified atom stereocenters. The molecule has 0 spiro atoms. The number of nitrogen functional groups attached to an aromatic ring is 1. The van der Waals surface area contributed by atoms with E-state index in [4.69, 9.17) is 22.4 Å². The predicted octanol–water partition coefficient (Wildman–Crippen LogP) is 4.20. The largest absolute Gasteiger partial charge is 0.398 e. The Hall–Kier alpha value is -1.93. The maximum absolute atomic E-state index is 12.5. The van der Waals surface area contributed by atoms with Crippen molar-refractivity contribution >= 4 is 51.0 Å². The van der Waals surface area contributed by atoms with Gasteiger partial charge in [-0.2, -0.15) is 0 Å². The van der Waals surface area contributed by atoms with Crippen molar-refractivity contribution in [2.75, 3.05) is 17.7 Å². The molecule has 25 heavy (non-hydrogen) atoms. The number of halogens is 1. The number of aliphatic hydroxyl groups is 1. The third-order valence-electron chi connectivity index (χ3n) is 3.70. The van der Waals surface area contributed by atoms with E-state index >= 15 is 0 Å². The molecule has 5 nitrogen and oxygen atoms in total. The highest BCUT2D eigenvalue weighted by atomic mass is 35.5. The predicted molar refractivity (Wildman–Crippen MR) is 105 cm³/mol. The number of nitrogens with two attached hydrogens (primary N) is 1. The zero-order valence-electron chi connectivity index (χ0n) is 13.4. The molecule has 0 aliphatic carbocycles. The molecular formula is C17H16ClN3O2S2. The monoisotopic (exact) mass is 393 g/mol. The van der Waals surface area contributed by atoms with Crippen LogP contribution in [-0.4, -0.2) is 22.6 Å². The Bertz CT molecular complexity index is 921. The van der Waals surface area contributed by atoms with Crippen molar-refractivity contribution in [1.29, 1.82) is 0 Å². The van der Waals surface area contributed by atoms with E-state index in [1.165, 1.54) is 28.9 Å². The third kappa shape index (κ3) is 3.85. The Morgan fingerprint density at radius 3 is 2.88 bits per heavy atom. The van der Waals surface area contributed by atoms with E-state index in [0.29, 0.717) is 27.1 Å². The normalized spacial score (nSPS) is 10.8. The van der Waals surface area contributed by atoms with Crippen LogP contribution in [-0.2, 0) is 6.42 Å². The van der Waals surface area contributed by atoms with Crippen LogP contribution >= 0.6 is 34.3 Å². The summed E-state index contributed by atoms with van der Waals surface area (Å²) in [6.07, 6.45) is 2.00. The van der Waals surface area contributed by atoms with Gasteiger partial charge in [0.05, 0.1) is 11.8 Å². The van der Waals surface area contributed by atoms with Crippen LogP contribution in [0.25, 0.3) is 10.4 Å². The first kappa shape index (κ1) is 17.9. The number of thiophene rings is 1. The maximum atomic E-state index is 12.5. The van der Waals surface area contributed by atoms with Crippen molar-refractivity contribution in [1.82, 2.24) is 4.98 Å². The average molecular weight is 394 g/mol. The lowest BCUT2D eigenvalue weighted by atomic mass is 10.0. The number of aryl methyl sites for hydroxylation is 1. The van der Waals surface area contributed by atoms with Gasteiger partial charge in [0.1, 0.15) is 4.34 Å². The number of nitrogens with one attached hydrogen (secondary N) is 1. The van der Waals surface area contributed by atoms with Crippen LogP contribution in [0, 0.1) is 6.92 Å². The quantitative estimate of drug-likeness (QED) is 0.567. The molecule has 8 heteroatoms. The molecule has 3 rings (SSSR count). The van der Waals surface area contributed by atoms with Crippen LogP contribution in [0.4, 0.5) is 10.8 Å². The molecule has 0 radical (unpaired) electrons. The SMILES string of the molecule is Cc1sc(-c2cccc(CCO)c2N)cc1C(=O)Nc1ncc(Cl)s1. The van der Waals surface area contributed by atoms with E-state index in [1.54, 1.807) is 0 Å². The topological polar surface area (TPSA) is 88.2 Å². The summed E-state index contributed by atoms with van der Waals surface area (Å²) in [4.78, 5) is 18.3. The van der Waals surface area contributed by atoms with Gasteiger partial charge in [-0.25, -0.2) is 4.98 Å². The Kier molecular flexibility index (Phi) is 5.39. The van der Waals surface area contributed by atoms with E-state index in [1.807, 2.05) is 31.2 Å². The summed E-state index contributed by atoms with van der Waals surface area (Å²) in [7, 11) is 0. The minimum atomic E-state index is -0.226. The fourth-order valence-electron chi connectivity index (χ4n) is 2.48. The van der Waals surface area contributed by atoms with Crippen molar-refractivity contribution in [2.45, 2.75) is 13.3 Å². The van der Waals surface area contributed by atoms with Gasteiger partial charge >= 0.3 is 0 Å². The smallest absolute Gasteiger partial charge is 0.258 e. The lowest BCUT2D eigenvalue weighted by Crippen LogP contribution is -2.11. The Morgan fingerprint density at radius 2 is 2.20 bits per heavy atom. The number of benzene rings is 1. The van der Waals surface area contributed by atoms with Crippen LogP contribution in [0.15, 0.2) is 30.5 Å². The van der Waals surface area contributed by atoms with E-state index < -0.39 is 0 Å². The van der Waals surface area contributed by atoms with Crippen LogP contribution in [0.3, 0.4) is 0 Å². The third-order valence-corrected chi connectivity index (χ3v) is 5.82. The summed E-state index contributed by atoms with van der Waals surface area (Å²) in [5.41, 5.74) is 9.22. The zero-order chi connectivity index (χ0) is 18.0. The minimum absolute atomic E-state index is 0.0428. The molecule has 0 atom stereocenters. The van der Waals surface area contributed by atoms with Gasteiger partial charge in [-0.05, 0) is 25.0 Å². The van der Waals surface area contributed by atoms with E-state index in [-0.39, 0.29) is 12.5 Å². The summed E-state index contributed by atoms with van der Waals surface area (Å²) < 4.78 is 0.520. The fourth-order valence-corrected chi connectivity index (χ4v) is 4.35. The molecule has 0 aliphatic rings. The number of hydrogen-bond acceptors (Lipinski definition) is 6. The minimum Gasteiger partial charge on any atom is -0.398 e. The van der Waals surface area contributed by atoms with Crippen LogP contribution in [0.2, 0.25) is 4.34 Å². The first-order chi connectivity index (χ1) is 12.0. The second kappa shape index (κ2) is 7.53. The summed E-state index contributed by atoms with van der Waals surface area (Å²) in [6, 6.07) is 7.56. The van der Waals surface area contributed by atoms with Gasteiger partial charge in [-0.15, -0.1) is 11.3 Å². The molecule has 3 aromatic rings. The number of rotatable bonds is 5. The standard InChI is InChI=1S/C17H16ClN3O2S2/c1-9-12(16(23)21-17-20-8-14(18)25-17)7-13(24-9)11-4-2-3-10(5-6-22)15(11)19/h2-4,7-8,22H,5-6,19H2,1H3,(H,20,21,23). The number of para-hydroxylation sites is 1. The van der Waals surface area contributed by atoms with Gasteiger partial charge in [0.25, 0.3) is 5.91 Å². The Labute approximate surface area is 158 Å². The van der Waals surface area contributed by atoms with Crippen molar-refractivity contribution < 1.29 is 9.90 Å². The van der Waals surface area contributed by atoms with Gasteiger partial charge in [0, 0.05) is 27.6 Å². The highest BCUT2D eigenvalue weighted by Gasteiger charge is 2.17. The average Bonchev–Trinajstić information content (AvgIpc) is 3.15. The highest BCUT2D eigenvalue weighted by Crippen LogP contribution is 2.36. The lowest BCUT2D eigenvalue weighted by molar-refractivity contribution is 0.102. The lowest BCUT2D eigenvalue weighted by Gasteiger charge is -2.08. The molecule has 0 saturated carbocycles. The molecule has 1 aromatic carbocycles. The number of carbonyl (C=O) groups excluding carboxylic acids is 1. The molecule has 0 fully saturated rings. The van der Waals surface area contributed by atoms with Crippen LogP contribution in [0.1, 0.15) is 20.8 Å². The highest BCUT2D eigenvalue weighted by molar-refractivity contribution is 7.19. The molecule has 0 saturated heterocycles. The number of nitrogens with zero attached hydrogens (tertiary/aromatic N) is 1. The first-order valence-corrected chi connectivity index (χ1v) is 9.52. The maximum Gasteiger partial charge on any atom is 0.258 e. The van der Waals surface area contributed by atoms with Gasteiger partial charge in [0.2, 0.25) is 0 Å². The van der Waals surface area contributed by atoms with Crippen molar-refractivity contribution in [3.05, 3.63) is 50.8 Å². The van der Waals surface area contributed by atoms with Crippen LogP contribution < -0.4 is 11.1 Å². The summed E-state index contributed by atoms with van der Waals surface area (Å²) in [5, 5.41) is 12.4. The second-order valence-corrected chi connectivity index (χ2v) is 8.27. The molecule has 2 heterocycles. The number of thiazole rings is 1. The first-order valence-electron chi connectivity index (χ1n) is 7.51. The number of anilines is 2. The van der Waals surface area contributed by atoms with Crippen molar-refractivity contribution in [3.8, 4) is 10.4 Å². The summed E-state index contributed by atoms with van der Waals surface area (Å²) >= 11 is 8.56. The zero-order valence-corrected chi connectivity index (χ0v) is 15.8. The molecule has 130 valence electrons. The van der Waals surface area contributed by atoms with Crippen LogP contribution in [0.5, 0.6) is 0 Å². The molecule has 2 aromatic heterocycles. The van der Waals surface area contributed by atoms with Gasteiger partial charge in [-0.3, -0.25) is 10.1 Å². The Morgan fingerprint density at radius 1 is 1.40 bits per heavy atom. The number of aliphatic hydroxyl groups excluding tert-OH is 1. The number of carbonyl (C=O) groups is 1. The number of aromatic nitrogens is 1. The molecule has 0 aliphatic heterocycles. The number of amides is 1. The second-order valence-electron chi connectivity index (χ2n) is 5.36. The van der Waals surface area contributed by atoms with E-state index in [9.17, 15) is 4.79 Å². The number of hydrogen-bond donors (Lipinski definition) is 3. The summed E-state index contributed by atoms with van der Waals surface area (Å²) in [5.74, 6) is -0.226. The fraction of sp³-hybridized carbons (Fsp3) is 0.176. The molecule has 4 N–H and O–H groups in total. The van der Waals surface area contributed by atoms with Gasteiger partial charge in [-0.1, -0.05) is 41.1 Å². The van der Waals surface area contributed by atoms with Gasteiger partial charge < -0.3 is 10.8 Å². The van der Waals surface area contributed by atoms with E-state index in [2.05, 4.69) is 10.3 Å². The van der Waals surface area contributed by atoms with Crippen molar-refractivity contribution in [2.24, 2.45) is 0 Å². The van der Waals surface area contributed by atoms with Crippen molar-refractivity contribution in [3.63, 3.8) is 0 Å². The molecular weight excluding hydrogens is 378 g/mol. The molecule has 0 bridgehead atoms. The summed E-state index contributed by atoms with van der Waals surface area (Å²) in [6.45, 7) is 1.94. The Balaban J connectivity index is 1.90. The van der Waals surface area contributed by atoms with Gasteiger partial charge in [0.15, 0.2) is 5.13 Å².